The summed E-state index contributed by atoms with van der Waals surface area (Å²) in [5, 5.41) is 6.41. The first-order chi connectivity index (χ1) is 10.2. The van der Waals surface area contributed by atoms with Gasteiger partial charge in [0.2, 0.25) is 5.91 Å². The maximum Gasteiger partial charge on any atom is 0.234 e. The number of hydrogen-bond donors (Lipinski definition) is 2. The molecule has 1 aromatic carbocycles. The summed E-state index contributed by atoms with van der Waals surface area (Å²) in [5.41, 5.74) is 2.62. The van der Waals surface area contributed by atoms with Gasteiger partial charge in [-0.25, -0.2) is 0 Å². The molecule has 0 aliphatic heterocycles. The Morgan fingerprint density at radius 2 is 1.95 bits per heavy atom. The molecule has 0 radical (unpaired) electrons. The van der Waals surface area contributed by atoms with Crippen molar-refractivity contribution in [2.24, 2.45) is 0 Å². The Bertz CT molecular complexity index is 437. The van der Waals surface area contributed by atoms with Gasteiger partial charge >= 0.3 is 0 Å². The molecule has 1 aliphatic carbocycles. The summed E-state index contributed by atoms with van der Waals surface area (Å²) >= 11 is 0. The van der Waals surface area contributed by atoms with Crippen LogP contribution in [0.2, 0.25) is 0 Å². The zero-order valence-corrected chi connectivity index (χ0v) is 13.2. The fraction of sp³-hybridized carbons (Fsp3) is 0.611. The van der Waals surface area contributed by atoms with Gasteiger partial charge in [0.25, 0.3) is 0 Å². The molecule has 1 aliphatic rings. The topological polar surface area (TPSA) is 41.1 Å². The van der Waals surface area contributed by atoms with Crippen molar-refractivity contribution < 1.29 is 4.79 Å². The maximum atomic E-state index is 11.9. The Morgan fingerprint density at radius 3 is 2.67 bits per heavy atom. The van der Waals surface area contributed by atoms with Gasteiger partial charge in [0.05, 0.1) is 6.54 Å². The minimum atomic E-state index is 0.145. The molecule has 3 nitrogen and oxygen atoms in total. The second kappa shape index (κ2) is 8.83. The molecule has 0 saturated heterocycles. The first-order valence-electron chi connectivity index (χ1n) is 8.29. The normalized spacial score (nSPS) is 16.4. The van der Waals surface area contributed by atoms with E-state index in [-0.39, 0.29) is 5.91 Å². The number of hydrogen-bond acceptors (Lipinski definition) is 2. The van der Waals surface area contributed by atoms with E-state index in [0.717, 1.165) is 25.8 Å². The van der Waals surface area contributed by atoms with E-state index in [1.807, 2.05) is 0 Å². The van der Waals surface area contributed by atoms with Crippen LogP contribution >= 0.6 is 0 Å². The summed E-state index contributed by atoms with van der Waals surface area (Å²) in [6.45, 7) is 3.39. The van der Waals surface area contributed by atoms with Gasteiger partial charge in [0.15, 0.2) is 0 Å². The third-order valence-corrected chi connectivity index (χ3v) is 4.18. The van der Waals surface area contributed by atoms with Gasteiger partial charge in [-0.3, -0.25) is 4.79 Å². The van der Waals surface area contributed by atoms with Gasteiger partial charge in [0.1, 0.15) is 0 Å². The number of carbonyl (C=O) groups is 1. The molecule has 1 amide bonds. The maximum absolute atomic E-state index is 11.9. The van der Waals surface area contributed by atoms with Crippen molar-refractivity contribution in [2.75, 3.05) is 13.1 Å². The highest BCUT2D eigenvalue weighted by atomic mass is 16.1. The fourth-order valence-corrected chi connectivity index (χ4v) is 3.00. The van der Waals surface area contributed by atoms with Crippen molar-refractivity contribution in [3.05, 3.63) is 35.4 Å². The van der Waals surface area contributed by atoms with Crippen molar-refractivity contribution in [3.8, 4) is 0 Å². The molecule has 116 valence electrons. The first kappa shape index (κ1) is 16.0. The van der Waals surface area contributed by atoms with E-state index >= 15 is 0 Å². The summed E-state index contributed by atoms with van der Waals surface area (Å²) in [7, 11) is 0. The zero-order valence-electron chi connectivity index (χ0n) is 13.2. The van der Waals surface area contributed by atoms with Crippen LogP contribution in [0.4, 0.5) is 0 Å². The predicted octanol–water partition coefficient (Wildman–Crippen LogP) is 2.97. The monoisotopic (exact) mass is 288 g/mol. The van der Waals surface area contributed by atoms with E-state index in [9.17, 15) is 4.79 Å². The number of nitrogens with one attached hydrogen (secondary N) is 2. The third kappa shape index (κ3) is 6.30. The molecule has 21 heavy (non-hydrogen) atoms. The highest BCUT2D eigenvalue weighted by molar-refractivity contribution is 5.78. The number of benzene rings is 1. The lowest BCUT2D eigenvalue weighted by Gasteiger charge is -2.16. The molecular weight excluding hydrogens is 260 g/mol. The Balaban J connectivity index is 1.60. The molecule has 0 atom stereocenters. The van der Waals surface area contributed by atoms with Crippen LogP contribution in [-0.2, 0) is 11.2 Å². The molecular formula is C18H28N2O. The lowest BCUT2D eigenvalue weighted by Crippen LogP contribution is -2.40. The quantitative estimate of drug-likeness (QED) is 0.624. The fourth-order valence-electron chi connectivity index (χ4n) is 3.00. The second-order valence-corrected chi connectivity index (χ2v) is 6.17. The predicted molar refractivity (Wildman–Crippen MR) is 87.4 cm³/mol. The van der Waals surface area contributed by atoms with E-state index in [4.69, 9.17) is 0 Å². The van der Waals surface area contributed by atoms with Crippen LogP contribution in [0, 0.1) is 6.92 Å². The average Bonchev–Trinajstić information content (AvgIpc) is 2.72. The summed E-state index contributed by atoms with van der Waals surface area (Å²) in [5.74, 6) is 0.145. The lowest BCUT2D eigenvalue weighted by molar-refractivity contribution is -0.121. The highest BCUT2D eigenvalue weighted by Gasteiger charge is 2.14. The standard InChI is InChI=1S/C18H28N2O/c1-15-7-6-8-16(13-15)11-12-19-14-18(21)20-17-9-4-2-3-5-10-17/h6-8,13,17,19H,2-5,9-12,14H2,1H3,(H,20,21). The molecule has 0 unspecified atom stereocenters. The van der Waals surface area contributed by atoms with Gasteiger partial charge in [0, 0.05) is 6.04 Å². The molecule has 1 aromatic rings. The zero-order chi connectivity index (χ0) is 14.9. The van der Waals surface area contributed by atoms with Crippen molar-refractivity contribution >= 4 is 5.91 Å². The minimum absolute atomic E-state index is 0.145. The Hall–Kier alpha value is -1.35. The van der Waals surface area contributed by atoms with Gasteiger partial charge in [-0.2, -0.15) is 0 Å². The highest BCUT2D eigenvalue weighted by Crippen LogP contribution is 2.16. The van der Waals surface area contributed by atoms with Crippen molar-refractivity contribution in [1.82, 2.24) is 10.6 Å². The van der Waals surface area contributed by atoms with Crippen LogP contribution in [0.3, 0.4) is 0 Å². The van der Waals surface area contributed by atoms with Crippen LogP contribution < -0.4 is 10.6 Å². The summed E-state index contributed by atoms with van der Waals surface area (Å²) < 4.78 is 0. The SMILES string of the molecule is Cc1cccc(CCNCC(=O)NC2CCCCCC2)c1. The van der Waals surface area contributed by atoms with Crippen molar-refractivity contribution in [1.29, 1.82) is 0 Å². The molecule has 1 saturated carbocycles. The molecule has 3 heteroatoms. The van der Waals surface area contributed by atoms with Gasteiger partial charge < -0.3 is 10.6 Å². The lowest BCUT2D eigenvalue weighted by atomic mass is 10.1. The molecule has 2 N–H and O–H groups in total. The van der Waals surface area contributed by atoms with Crippen LogP contribution in [-0.4, -0.2) is 25.0 Å². The summed E-state index contributed by atoms with van der Waals surface area (Å²) in [4.78, 5) is 11.9. The Kier molecular flexibility index (Phi) is 6.74. The van der Waals surface area contributed by atoms with Crippen LogP contribution in [0.15, 0.2) is 24.3 Å². The van der Waals surface area contributed by atoms with Gasteiger partial charge in [-0.15, -0.1) is 0 Å². The van der Waals surface area contributed by atoms with Crippen molar-refractivity contribution in [3.63, 3.8) is 0 Å². The van der Waals surface area contributed by atoms with E-state index in [1.54, 1.807) is 0 Å². The van der Waals surface area contributed by atoms with E-state index in [1.165, 1.54) is 36.8 Å². The Morgan fingerprint density at radius 1 is 1.19 bits per heavy atom. The van der Waals surface area contributed by atoms with E-state index < -0.39 is 0 Å². The third-order valence-electron chi connectivity index (χ3n) is 4.18. The smallest absolute Gasteiger partial charge is 0.234 e. The van der Waals surface area contributed by atoms with Crippen LogP contribution in [0.5, 0.6) is 0 Å². The molecule has 1 fully saturated rings. The summed E-state index contributed by atoms with van der Waals surface area (Å²) in [6, 6.07) is 8.94. The first-order valence-corrected chi connectivity index (χ1v) is 8.29. The summed E-state index contributed by atoms with van der Waals surface area (Å²) in [6.07, 6.45) is 8.42. The second-order valence-electron chi connectivity index (χ2n) is 6.17. The minimum Gasteiger partial charge on any atom is -0.352 e. The molecule has 0 aromatic heterocycles. The molecule has 2 rings (SSSR count). The van der Waals surface area contributed by atoms with Gasteiger partial charge in [-0.1, -0.05) is 55.5 Å². The number of amides is 1. The van der Waals surface area contributed by atoms with E-state index in [2.05, 4.69) is 41.8 Å². The average molecular weight is 288 g/mol. The molecule has 0 spiro atoms. The number of aryl methyl sites for hydroxylation is 1. The van der Waals surface area contributed by atoms with Crippen LogP contribution in [0.25, 0.3) is 0 Å². The van der Waals surface area contributed by atoms with Crippen LogP contribution in [0.1, 0.15) is 49.7 Å². The van der Waals surface area contributed by atoms with Gasteiger partial charge in [-0.05, 0) is 38.3 Å². The number of rotatable bonds is 6. The van der Waals surface area contributed by atoms with Crippen molar-refractivity contribution in [2.45, 2.75) is 57.9 Å². The molecule has 0 heterocycles. The number of carbonyl (C=O) groups excluding carboxylic acids is 1. The molecule has 0 bridgehead atoms. The Labute approximate surface area is 128 Å². The largest absolute Gasteiger partial charge is 0.352 e. The van der Waals surface area contributed by atoms with E-state index in [0.29, 0.717) is 12.6 Å².